The van der Waals surface area contributed by atoms with Crippen molar-refractivity contribution in [2.45, 2.75) is 12.3 Å². The third-order valence-electron chi connectivity index (χ3n) is 2.34. The summed E-state index contributed by atoms with van der Waals surface area (Å²) in [6, 6.07) is 6.75. The van der Waals surface area contributed by atoms with Crippen LogP contribution < -0.4 is 0 Å². The molecule has 0 unspecified atom stereocenters. The Morgan fingerprint density at radius 3 is 2.53 bits per heavy atom. The molecule has 0 aliphatic rings. The quantitative estimate of drug-likeness (QED) is 0.775. The van der Waals surface area contributed by atoms with Gasteiger partial charge in [-0.3, -0.25) is 9.59 Å². The van der Waals surface area contributed by atoms with Gasteiger partial charge in [-0.2, -0.15) is 0 Å². The second-order valence-corrected chi connectivity index (χ2v) is 3.85. The monoisotopic (exact) mass is 256 g/mol. The zero-order valence-corrected chi connectivity index (χ0v) is 10.4. The van der Waals surface area contributed by atoms with Crippen molar-refractivity contribution in [3.05, 3.63) is 34.9 Å². The predicted molar refractivity (Wildman–Crippen MR) is 62.8 cm³/mol. The van der Waals surface area contributed by atoms with Crippen LogP contribution in [0.2, 0.25) is 5.02 Å². The van der Waals surface area contributed by atoms with Gasteiger partial charge in [0.15, 0.2) is 0 Å². The number of rotatable bonds is 4. The summed E-state index contributed by atoms with van der Waals surface area (Å²) in [7, 11) is 2.55. The van der Waals surface area contributed by atoms with E-state index in [1.165, 1.54) is 14.2 Å². The van der Waals surface area contributed by atoms with Crippen molar-refractivity contribution in [3.8, 4) is 0 Å². The van der Waals surface area contributed by atoms with Crippen molar-refractivity contribution in [2.24, 2.45) is 0 Å². The molecule has 5 heteroatoms. The average Bonchev–Trinajstić information content (AvgIpc) is 2.34. The number of benzene rings is 1. The maximum absolute atomic E-state index is 11.6. The standard InChI is InChI=1S/C12H13ClO4/c1-16-11(14)7-10(12(15)17-2)8-4-3-5-9(13)6-8/h3-6,10H,7H2,1-2H3/t10-/m0/s1. The summed E-state index contributed by atoms with van der Waals surface area (Å²) >= 11 is 5.84. The van der Waals surface area contributed by atoms with E-state index in [2.05, 4.69) is 9.47 Å². The summed E-state index contributed by atoms with van der Waals surface area (Å²) in [5.74, 6) is -1.65. The summed E-state index contributed by atoms with van der Waals surface area (Å²) in [5, 5.41) is 0.501. The van der Waals surface area contributed by atoms with Crippen LogP contribution in [-0.4, -0.2) is 26.2 Å². The molecule has 0 fully saturated rings. The minimum atomic E-state index is -0.689. The zero-order chi connectivity index (χ0) is 12.8. The number of carbonyl (C=O) groups excluding carboxylic acids is 2. The lowest BCUT2D eigenvalue weighted by Gasteiger charge is -2.13. The van der Waals surface area contributed by atoms with Crippen LogP contribution >= 0.6 is 11.6 Å². The van der Waals surface area contributed by atoms with Crippen LogP contribution in [-0.2, 0) is 19.1 Å². The molecular formula is C12H13ClO4. The van der Waals surface area contributed by atoms with Crippen LogP contribution in [0.25, 0.3) is 0 Å². The van der Waals surface area contributed by atoms with E-state index >= 15 is 0 Å². The van der Waals surface area contributed by atoms with Gasteiger partial charge in [0.25, 0.3) is 0 Å². The van der Waals surface area contributed by atoms with E-state index in [9.17, 15) is 9.59 Å². The molecule has 1 atom stereocenters. The number of esters is 2. The molecule has 0 amide bonds. The number of methoxy groups -OCH3 is 2. The van der Waals surface area contributed by atoms with E-state index in [-0.39, 0.29) is 6.42 Å². The van der Waals surface area contributed by atoms with Gasteiger partial charge in [-0.05, 0) is 17.7 Å². The van der Waals surface area contributed by atoms with Crippen molar-refractivity contribution >= 4 is 23.5 Å². The van der Waals surface area contributed by atoms with Gasteiger partial charge in [0, 0.05) is 5.02 Å². The fourth-order valence-electron chi connectivity index (χ4n) is 1.45. The maximum atomic E-state index is 11.6. The second-order valence-electron chi connectivity index (χ2n) is 3.41. The van der Waals surface area contributed by atoms with E-state index in [1.54, 1.807) is 24.3 Å². The van der Waals surface area contributed by atoms with Crippen molar-refractivity contribution in [3.63, 3.8) is 0 Å². The lowest BCUT2D eigenvalue weighted by molar-refractivity contribution is -0.149. The Morgan fingerprint density at radius 1 is 1.29 bits per heavy atom. The molecule has 0 saturated carbocycles. The van der Waals surface area contributed by atoms with Crippen LogP contribution in [0.15, 0.2) is 24.3 Å². The minimum Gasteiger partial charge on any atom is -0.469 e. The molecule has 1 aromatic carbocycles. The van der Waals surface area contributed by atoms with Gasteiger partial charge in [0.05, 0.1) is 26.6 Å². The highest BCUT2D eigenvalue weighted by molar-refractivity contribution is 6.30. The first-order valence-corrected chi connectivity index (χ1v) is 5.36. The van der Waals surface area contributed by atoms with Crippen molar-refractivity contribution in [1.29, 1.82) is 0 Å². The molecule has 0 aliphatic carbocycles. The molecule has 0 N–H and O–H groups in total. The van der Waals surface area contributed by atoms with Gasteiger partial charge in [-0.1, -0.05) is 23.7 Å². The van der Waals surface area contributed by atoms with Crippen LogP contribution in [0.4, 0.5) is 0 Å². The van der Waals surface area contributed by atoms with Gasteiger partial charge in [0.2, 0.25) is 0 Å². The summed E-state index contributed by atoms with van der Waals surface area (Å²) < 4.78 is 9.21. The van der Waals surface area contributed by atoms with Crippen molar-refractivity contribution in [1.82, 2.24) is 0 Å². The normalized spacial score (nSPS) is 11.7. The first-order valence-electron chi connectivity index (χ1n) is 4.98. The number of carbonyl (C=O) groups is 2. The second kappa shape index (κ2) is 6.25. The van der Waals surface area contributed by atoms with Gasteiger partial charge in [0.1, 0.15) is 0 Å². The highest BCUT2D eigenvalue weighted by Crippen LogP contribution is 2.24. The molecule has 0 heterocycles. The van der Waals surface area contributed by atoms with Crippen LogP contribution in [0.3, 0.4) is 0 Å². The van der Waals surface area contributed by atoms with E-state index in [0.717, 1.165) is 0 Å². The largest absolute Gasteiger partial charge is 0.469 e. The Labute approximate surface area is 104 Å². The molecule has 0 radical (unpaired) electrons. The number of hydrogen-bond donors (Lipinski definition) is 0. The maximum Gasteiger partial charge on any atom is 0.313 e. The Morgan fingerprint density at radius 2 is 2.00 bits per heavy atom. The Bertz CT molecular complexity index is 417. The molecule has 0 saturated heterocycles. The topological polar surface area (TPSA) is 52.6 Å². The van der Waals surface area contributed by atoms with E-state index < -0.39 is 17.9 Å². The molecular weight excluding hydrogens is 244 g/mol. The molecule has 1 aromatic rings. The molecule has 17 heavy (non-hydrogen) atoms. The van der Waals surface area contributed by atoms with E-state index in [0.29, 0.717) is 10.6 Å². The van der Waals surface area contributed by atoms with Gasteiger partial charge in [-0.25, -0.2) is 0 Å². The van der Waals surface area contributed by atoms with Gasteiger partial charge in [-0.15, -0.1) is 0 Å². The third kappa shape index (κ3) is 3.75. The summed E-state index contributed by atoms with van der Waals surface area (Å²) in [4.78, 5) is 22.8. The highest BCUT2D eigenvalue weighted by atomic mass is 35.5. The van der Waals surface area contributed by atoms with Crippen LogP contribution in [0.1, 0.15) is 17.9 Å². The van der Waals surface area contributed by atoms with Gasteiger partial charge >= 0.3 is 11.9 Å². The summed E-state index contributed by atoms with van der Waals surface area (Å²) in [6.45, 7) is 0. The third-order valence-corrected chi connectivity index (χ3v) is 2.57. The SMILES string of the molecule is COC(=O)C[C@H](C(=O)OC)c1cccc(Cl)c1. The number of ether oxygens (including phenoxy) is 2. The van der Waals surface area contributed by atoms with Crippen molar-refractivity contribution < 1.29 is 19.1 Å². The fourth-order valence-corrected chi connectivity index (χ4v) is 1.65. The average molecular weight is 257 g/mol. The predicted octanol–water partition coefficient (Wildman–Crippen LogP) is 2.16. The molecule has 1 rings (SSSR count). The Kier molecular flexibility index (Phi) is 4.97. The van der Waals surface area contributed by atoms with Crippen molar-refractivity contribution in [2.75, 3.05) is 14.2 Å². The first-order chi connectivity index (χ1) is 8.08. The first kappa shape index (κ1) is 13.5. The van der Waals surface area contributed by atoms with Gasteiger partial charge < -0.3 is 9.47 Å². The molecule has 4 nitrogen and oxygen atoms in total. The molecule has 0 aliphatic heterocycles. The minimum absolute atomic E-state index is 0.0660. The molecule has 0 bridgehead atoms. The van der Waals surface area contributed by atoms with Crippen LogP contribution in [0.5, 0.6) is 0 Å². The lowest BCUT2D eigenvalue weighted by Crippen LogP contribution is -2.18. The Hall–Kier alpha value is -1.55. The van der Waals surface area contributed by atoms with E-state index in [1.807, 2.05) is 0 Å². The molecule has 0 spiro atoms. The fraction of sp³-hybridized carbons (Fsp3) is 0.333. The highest BCUT2D eigenvalue weighted by Gasteiger charge is 2.25. The number of halogens is 1. The Balaban J connectivity index is 2.97. The smallest absolute Gasteiger partial charge is 0.313 e. The molecule has 92 valence electrons. The summed E-state index contributed by atoms with van der Waals surface area (Å²) in [5.41, 5.74) is 0.634. The van der Waals surface area contributed by atoms with E-state index in [4.69, 9.17) is 11.6 Å². The van der Waals surface area contributed by atoms with Crippen LogP contribution in [0, 0.1) is 0 Å². The number of hydrogen-bond acceptors (Lipinski definition) is 4. The lowest BCUT2D eigenvalue weighted by atomic mass is 9.96. The molecule has 0 aromatic heterocycles. The zero-order valence-electron chi connectivity index (χ0n) is 9.60. The summed E-state index contributed by atoms with van der Waals surface area (Å²) in [6.07, 6.45) is -0.0660.